The van der Waals surface area contributed by atoms with Crippen molar-refractivity contribution in [3.8, 4) is 5.19 Å². The van der Waals surface area contributed by atoms with Gasteiger partial charge >= 0.3 is 0 Å². The average Bonchev–Trinajstić information content (AvgIpc) is 3.02. The fraction of sp³-hybridized carbons (Fsp3) is 0.0714. The zero-order chi connectivity index (χ0) is 16.9. The third kappa shape index (κ3) is 4.00. The first kappa shape index (κ1) is 16.2. The summed E-state index contributed by atoms with van der Waals surface area (Å²) in [5.74, 6) is -1.52. The summed E-state index contributed by atoms with van der Waals surface area (Å²) in [6.45, 7) is 0.178. The van der Waals surface area contributed by atoms with E-state index in [9.17, 15) is 9.18 Å². The zero-order valence-corrected chi connectivity index (χ0v) is 13.5. The van der Waals surface area contributed by atoms with Crippen molar-refractivity contribution in [1.29, 1.82) is 0 Å². The van der Waals surface area contributed by atoms with Gasteiger partial charge in [0, 0.05) is 12.4 Å². The molecule has 0 fully saturated rings. The Morgan fingerprint density at radius 3 is 2.92 bits per heavy atom. The molecule has 3 heterocycles. The van der Waals surface area contributed by atoms with Crippen LogP contribution >= 0.6 is 22.9 Å². The molecule has 0 aliphatic carbocycles. The number of nitrogens with one attached hydrogen (secondary N) is 1. The van der Waals surface area contributed by atoms with E-state index in [4.69, 9.17) is 16.3 Å². The number of anilines is 1. The van der Waals surface area contributed by atoms with Crippen LogP contribution in [0.3, 0.4) is 0 Å². The van der Waals surface area contributed by atoms with Gasteiger partial charge in [-0.15, -0.1) is 5.10 Å². The molecule has 0 saturated carbocycles. The summed E-state index contributed by atoms with van der Waals surface area (Å²) in [5, 5.41) is 10.9. The highest BCUT2D eigenvalue weighted by Crippen LogP contribution is 2.23. The number of amides is 1. The fourth-order valence-electron chi connectivity index (χ4n) is 1.67. The van der Waals surface area contributed by atoms with Gasteiger partial charge in [0.2, 0.25) is 11.1 Å². The topological polar surface area (TPSA) is 89.9 Å². The molecule has 122 valence electrons. The molecule has 0 aliphatic heterocycles. The van der Waals surface area contributed by atoms with E-state index in [0.717, 1.165) is 11.3 Å². The molecule has 3 aromatic heterocycles. The van der Waals surface area contributed by atoms with Gasteiger partial charge in [-0.05, 0) is 35.6 Å². The van der Waals surface area contributed by atoms with Crippen LogP contribution in [0.15, 0.2) is 36.7 Å². The molecule has 1 amide bonds. The third-order valence-corrected chi connectivity index (χ3v) is 3.74. The minimum Gasteiger partial charge on any atom is -0.462 e. The van der Waals surface area contributed by atoms with Crippen LogP contribution < -0.4 is 10.1 Å². The highest BCUT2D eigenvalue weighted by molar-refractivity contribution is 7.17. The number of carbonyl (C=O) groups excluding carboxylic acids is 1. The standard InChI is InChI=1S/C14H9ClFN5O2S/c15-8-3-4-9(18-6-8)7-23-14-21-20-13(24-14)19-12(22)10-2-1-5-17-11(10)16/h1-6H,7H2,(H,19,20,22). The summed E-state index contributed by atoms with van der Waals surface area (Å²) in [6.07, 6.45) is 2.77. The minimum absolute atomic E-state index is 0.178. The second-order valence-corrected chi connectivity index (χ2v) is 5.80. The molecular weight excluding hydrogens is 357 g/mol. The molecule has 24 heavy (non-hydrogen) atoms. The Balaban J connectivity index is 1.60. The lowest BCUT2D eigenvalue weighted by Crippen LogP contribution is -2.14. The lowest BCUT2D eigenvalue weighted by Gasteiger charge is -2.01. The van der Waals surface area contributed by atoms with Crippen LogP contribution in [0.4, 0.5) is 9.52 Å². The molecule has 0 radical (unpaired) electrons. The maximum Gasteiger partial charge on any atom is 0.296 e. The number of nitrogens with zero attached hydrogens (tertiary/aromatic N) is 4. The Labute approximate surface area is 144 Å². The first-order valence-electron chi connectivity index (χ1n) is 6.60. The third-order valence-electron chi connectivity index (χ3n) is 2.76. The number of ether oxygens (including phenoxy) is 1. The van der Waals surface area contributed by atoms with E-state index in [0.29, 0.717) is 10.7 Å². The summed E-state index contributed by atoms with van der Waals surface area (Å²) in [4.78, 5) is 19.4. The highest BCUT2D eigenvalue weighted by atomic mass is 35.5. The molecule has 3 rings (SSSR count). The number of carbonyl (C=O) groups is 1. The van der Waals surface area contributed by atoms with E-state index < -0.39 is 11.9 Å². The summed E-state index contributed by atoms with van der Waals surface area (Å²) < 4.78 is 18.9. The van der Waals surface area contributed by atoms with E-state index in [1.54, 1.807) is 12.1 Å². The first-order chi connectivity index (χ1) is 11.6. The Hall–Kier alpha value is -2.65. The van der Waals surface area contributed by atoms with Gasteiger partial charge in [0.05, 0.1) is 16.3 Å². The lowest BCUT2D eigenvalue weighted by molar-refractivity contribution is 0.102. The van der Waals surface area contributed by atoms with Crippen LogP contribution in [0.25, 0.3) is 0 Å². The SMILES string of the molecule is O=C(Nc1nnc(OCc2ccc(Cl)cn2)s1)c1cccnc1F. The van der Waals surface area contributed by atoms with Gasteiger partial charge in [0.1, 0.15) is 6.61 Å². The molecule has 0 spiro atoms. The maximum absolute atomic E-state index is 13.4. The quantitative estimate of drug-likeness (QED) is 0.699. The van der Waals surface area contributed by atoms with E-state index in [1.807, 2.05) is 0 Å². The lowest BCUT2D eigenvalue weighted by atomic mass is 10.2. The summed E-state index contributed by atoms with van der Waals surface area (Å²) in [5.41, 5.74) is 0.484. The van der Waals surface area contributed by atoms with Crippen LogP contribution in [0, 0.1) is 5.95 Å². The first-order valence-corrected chi connectivity index (χ1v) is 7.80. The number of rotatable bonds is 5. The van der Waals surface area contributed by atoms with Gasteiger partial charge in [-0.25, -0.2) is 4.98 Å². The molecule has 0 aromatic carbocycles. The van der Waals surface area contributed by atoms with Gasteiger partial charge in [-0.2, -0.15) is 4.39 Å². The van der Waals surface area contributed by atoms with Crippen molar-refractivity contribution < 1.29 is 13.9 Å². The van der Waals surface area contributed by atoms with Gasteiger partial charge in [0.15, 0.2) is 0 Å². The molecule has 0 atom stereocenters. The van der Waals surface area contributed by atoms with Crippen LogP contribution in [-0.4, -0.2) is 26.1 Å². The summed E-state index contributed by atoms with van der Waals surface area (Å²) >= 11 is 6.76. The van der Waals surface area contributed by atoms with Crippen LogP contribution in [-0.2, 0) is 6.61 Å². The Morgan fingerprint density at radius 2 is 2.17 bits per heavy atom. The molecule has 1 N–H and O–H groups in total. The summed E-state index contributed by atoms with van der Waals surface area (Å²) in [7, 11) is 0. The van der Waals surface area contributed by atoms with Gasteiger partial charge in [-0.3, -0.25) is 15.1 Å². The van der Waals surface area contributed by atoms with Crippen molar-refractivity contribution in [2.75, 3.05) is 5.32 Å². The smallest absolute Gasteiger partial charge is 0.296 e. The van der Waals surface area contributed by atoms with Gasteiger partial charge in [0.25, 0.3) is 11.1 Å². The molecular formula is C14H9ClFN5O2S. The molecule has 3 aromatic rings. The van der Waals surface area contributed by atoms with E-state index in [1.165, 1.54) is 24.5 Å². The molecule has 0 unspecified atom stereocenters. The minimum atomic E-state index is -0.857. The molecule has 7 nitrogen and oxygen atoms in total. The van der Waals surface area contributed by atoms with E-state index in [-0.39, 0.29) is 22.5 Å². The number of hydrogen-bond acceptors (Lipinski definition) is 7. The molecule has 0 bridgehead atoms. The van der Waals surface area contributed by atoms with Crippen molar-refractivity contribution in [2.24, 2.45) is 0 Å². The van der Waals surface area contributed by atoms with E-state index >= 15 is 0 Å². The highest BCUT2D eigenvalue weighted by Gasteiger charge is 2.15. The van der Waals surface area contributed by atoms with Crippen molar-refractivity contribution in [3.63, 3.8) is 0 Å². The van der Waals surface area contributed by atoms with Crippen LogP contribution in [0.2, 0.25) is 5.02 Å². The molecule has 10 heteroatoms. The van der Waals surface area contributed by atoms with Gasteiger partial charge in [-0.1, -0.05) is 16.7 Å². The number of halogens is 2. The normalized spacial score (nSPS) is 10.4. The Morgan fingerprint density at radius 1 is 1.29 bits per heavy atom. The number of aromatic nitrogens is 4. The predicted octanol–water partition coefficient (Wildman–Crippen LogP) is 2.95. The second kappa shape index (κ2) is 7.28. The van der Waals surface area contributed by atoms with Gasteiger partial charge < -0.3 is 4.74 Å². The predicted molar refractivity (Wildman–Crippen MR) is 85.6 cm³/mol. The average molecular weight is 366 g/mol. The number of hydrogen-bond donors (Lipinski definition) is 1. The van der Waals surface area contributed by atoms with Crippen LogP contribution in [0.5, 0.6) is 5.19 Å². The van der Waals surface area contributed by atoms with Crippen molar-refractivity contribution in [2.45, 2.75) is 6.61 Å². The Kier molecular flexibility index (Phi) is 4.92. The van der Waals surface area contributed by atoms with Crippen molar-refractivity contribution >= 4 is 34.0 Å². The second-order valence-electron chi connectivity index (χ2n) is 4.43. The zero-order valence-electron chi connectivity index (χ0n) is 11.9. The van der Waals surface area contributed by atoms with Crippen molar-refractivity contribution in [1.82, 2.24) is 20.2 Å². The summed E-state index contributed by atoms with van der Waals surface area (Å²) in [6, 6.07) is 6.20. The molecule has 0 saturated heterocycles. The fourth-order valence-corrected chi connectivity index (χ4v) is 2.37. The maximum atomic E-state index is 13.4. The van der Waals surface area contributed by atoms with E-state index in [2.05, 4.69) is 25.5 Å². The van der Waals surface area contributed by atoms with Crippen molar-refractivity contribution in [3.05, 3.63) is 58.9 Å². The number of pyridine rings is 2. The Bertz CT molecular complexity index is 858. The largest absolute Gasteiger partial charge is 0.462 e. The monoisotopic (exact) mass is 365 g/mol. The van der Waals surface area contributed by atoms with Crippen LogP contribution in [0.1, 0.15) is 16.1 Å². The molecule has 0 aliphatic rings.